The van der Waals surface area contributed by atoms with Crippen molar-refractivity contribution in [1.29, 1.82) is 0 Å². The van der Waals surface area contributed by atoms with E-state index in [1.807, 2.05) is 0 Å². The molecule has 1 aliphatic heterocycles. The molecule has 1 fully saturated rings. The van der Waals surface area contributed by atoms with Crippen LogP contribution in [-0.4, -0.2) is 54.8 Å². The molecule has 1 amide bonds. The van der Waals surface area contributed by atoms with Gasteiger partial charge in [-0.05, 0) is 18.9 Å². The molecule has 2 N–H and O–H groups in total. The van der Waals surface area contributed by atoms with Gasteiger partial charge < -0.3 is 4.90 Å². The van der Waals surface area contributed by atoms with E-state index in [2.05, 4.69) is 14.9 Å². The molecule has 0 bridgehead atoms. The molecule has 9 heteroatoms. The van der Waals surface area contributed by atoms with Crippen LogP contribution in [0.3, 0.4) is 0 Å². The summed E-state index contributed by atoms with van der Waals surface area (Å²) in [7, 11) is -3.29. The number of hydrogen-bond acceptors (Lipinski definition) is 5. The minimum Gasteiger partial charge on any atom is -0.336 e. The molecule has 2 rings (SSSR count). The average Bonchev–Trinajstić information content (AvgIpc) is 2.37. The van der Waals surface area contributed by atoms with E-state index in [9.17, 15) is 18.0 Å². The first-order valence-corrected chi connectivity index (χ1v) is 8.06. The normalized spacial score (nSPS) is 19.9. The fraction of sp³-hybridized carbons (Fsp3) is 0.545. The topological polar surface area (TPSA) is 112 Å². The maximum Gasteiger partial charge on any atom is 0.274 e. The van der Waals surface area contributed by atoms with Crippen LogP contribution < -0.4 is 10.3 Å². The largest absolute Gasteiger partial charge is 0.336 e. The average molecular weight is 300 g/mol. The van der Waals surface area contributed by atoms with Gasteiger partial charge in [0.2, 0.25) is 10.0 Å². The number of hydrogen-bond donors (Lipinski definition) is 2. The van der Waals surface area contributed by atoms with Crippen LogP contribution in [0.2, 0.25) is 0 Å². The second-order valence-corrected chi connectivity index (χ2v) is 6.57. The van der Waals surface area contributed by atoms with Gasteiger partial charge in [-0.15, -0.1) is 0 Å². The monoisotopic (exact) mass is 300 g/mol. The molecule has 0 aromatic carbocycles. The first kappa shape index (κ1) is 14.7. The molecule has 20 heavy (non-hydrogen) atoms. The zero-order chi connectivity index (χ0) is 14.8. The van der Waals surface area contributed by atoms with Gasteiger partial charge in [-0.2, -0.15) is 5.10 Å². The third-order valence-corrected chi connectivity index (χ3v) is 3.75. The van der Waals surface area contributed by atoms with Crippen LogP contribution in [0.1, 0.15) is 23.3 Å². The molecular weight excluding hydrogens is 284 g/mol. The summed E-state index contributed by atoms with van der Waals surface area (Å²) in [5, 5.41) is 5.89. The van der Waals surface area contributed by atoms with Crippen LogP contribution in [0.25, 0.3) is 0 Å². The van der Waals surface area contributed by atoms with E-state index in [0.717, 1.165) is 6.26 Å². The number of sulfonamides is 1. The van der Waals surface area contributed by atoms with Crippen LogP contribution in [0.5, 0.6) is 0 Å². The fourth-order valence-electron chi connectivity index (χ4n) is 2.19. The number of carbonyl (C=O) groups excluding carboxylic acids is 1. The summed E-state index contributed by atoms with van der Waals surface area (Å²) in [6.45, 7) is 0.842. The quantitative estimate of drug-likeness (QED) is 0.737. The summed E-state index contributed by atoms with van der Waals surface area (Å²) >= 11 is 0. The van der Waals surface area contributed by atoms with E-state index in [1.165, 1.54) is 17.0 Å². The van der Waals surface area contributed by atoms with Crippen LogP contribution in [-0.2, 0) is 10.0 Å². The Morgan fingerprint density at radius 1 is 1.50 bits per heavy atom. The van der Waals surface area contributed by atoms with E-state index in [-0.39, 0.29) is 23.2 Å². The van der Waals surface area contributed by atoms with E-state index in [4.69, 9.17) is 0 Å². The van der Waals surface area contributed by atoms with Gasteiger partial charge in [-0.1, -0.05) is 0 Å². The maximum atomic E-state index is 12.2. The Morgan fingerprint density at radius 3 is 2.85 bits per heavy atom. The number of nitrogens with zero attached hydrogens (tertiary/aromatic N) is 2. The van der Waals surface area contributed by atoms with E-state index in [0.29, 0.717) is 25.9 Å². The highest BCUT2D eigenvalue weighted by Crippen LogP contribution is 2.13. The molecule has 110 valence electrons. The summed E-state index contributed by atoms with van der Waals surface area (Å²) in [6, 6.07) is 2.30. The summed E-state index contributed by atoms with van der Waals surface area (Å²) in [5.41, 5.74) is -0.235. The minimum absolute atomic E-state index is 0.143. The smallest absolute Gasteiger partial charge is 0.274 e. The minimum atomic E-state index is -3.29. The summed E-state index contributed by atoms with van der Waals surface area (Å²) in [6.07, 6.45) is 2.50. The number of likely N-dealkylation sites (tertiary alicyclic amines) is 1. The Kier molecular flexibility index (Phi) is 4.19. The van der Waals surface area contributed by atoms with Crippen LogP contribution in [0, 0.1) is 0 Å². The van der Waals surface area contributed by atoms with Crippen LogP contribution >= 0.6 is 0 Å². The number of rotatable bonds is 3. The van der Waals surface area contributed by atoms with Gasteiger partial charge >= 0.3 is 0 Å². The van der Waals surface area contributed by atoms with E-state index >= 15 is 0 Å². The SMILES string of the molecule is CS(=O)(=O)N[C@H]1CCCN(C(=O)c2ccc(=O)[nH]n2)C1. The molecule has 1 atom stereocenters. The number of piperidine rings is 1. The van der Waals surface area contributed by atoms with Gasteiger partial charge in [0, 0.05) is 25.2 Å². The van der Waals surface area contributed by atoms with Crippen molar-refractivity contribution in [2.75, 3.05) is 19.3 Å². The van der Waals surface area contributed by atoms with Crippen molar-refractivity contribution in [2.45, 2.75) is 18.9 Å². The second-order valence-electron chi connectivity index (χ2n) is 4.79. The molecule has 1 aromatic rings. The fourth-order valence-corrected chi connectivity index (χ4v) is 2.98. The lowest BCUT2D eigenvalue weighted by Gasteiger charge is -2.32. The summed E-state index contributed by atoms with van der Waals surface area (Å²) in [5.74, 6) is -0.318. The summed E-state index contributed by atoms with van der Waals surface area (Å²) < 4.78 is 24.9. The van der Waals surface area contributed by atoms with Gasteiger partial charge in [0.05, 0.1) is 6.26 Å². The molecular formula is C11H16N4O4S. The second kappa shape index (κ2) is 5.71. The number of H-pyrrole nitrogens is 1. The number of carbonyl (C=O) groups is 1. The Balaban J connectivity index is 2.07. The molecule has 0 aliphatic carbocycles. The lowest BCUT2D eigenvalue weighted by Crippen LogP contribution is -2.49. The van der Waals surface area contributed by atoms with Gasteiger partial charge in [0.25, 0.3) is 11.5 Å². The molecule has 8 nitrogen and oxygen atoms in total. The standard InChI is InChI=1S/C11H16N4O4S/c1-20(18,19)14-8-3-2-6-15(7-8)11(17)9-4-5-10(16)13-12-9/h4-5,8,14H,2-3,6-7H2,1H3,(H,13,16)/t8-/m0/s1. The Bertz CT molecular complexity index is 634. The number of aromatic nitrogens is 2. The number of nitrogens with one attached hydrogen (secondary N) is 2. The maximum absolute atomic E-state index is 12.2. The zero-order valence-electron chi connectivity index (χ0n) is 11.0. The van der Waals surface area contributed by atoms with Crippen molar-refractivity contribution in [2.24, 2.45) is 0 Å². The van der Waals surface area contributed by atoms with Crippen molar-refractivity contribution in [1.82, 2.24) is 19.8 Å². The predicted octanol–water partition coefficient (Wildman–Crippen LogP) is -1.08. The van der Waals surface area contributed by atoms with Gasteiger partial charge in [-0.3, -0.25) is 9.59 Å². The molecule has 0 saturated carbocycles. The lowest BCUT2D eigenvalue weighted by atomic mass is 10.1. The molecule has 0 spiro atoms. The highest BCUT2D eigenvalue weighted by atomic mass is 32.2. The van der Waals surface area contributed by atoms with E-state index in [1.54, 1.807) is 0 Å². The van der Waals surface area contributed by atoms with E-state index < -0.39 is 10.0 Å². The van der Waals surface area contributed by atoms with Gasteiger partial charge in [0.1, 0.15) is 5.69 Å². The van der Waals surface area contributed by atoms with Gasteiger partial charge in [-0.25, -0.2) is 18.2 Å². The van der Waals surface area contributed by atoms with Crippen LogP contribution in [0.15, 0.2) is 16.9 Å². The highest BCUT2D eigenvalue weighted by Gasteiger charge is 2.26. The highest BCUT2D eigenvalue weighted by molar-refractivity contribution is 7.88. The Morgan fingerprint density at radius 2 is 2.25 bits per heavy atom. The van der Waals surface area contributed by atoms with Crippen LogP contribution in [0.4, 0.5) is 0 Å². The lowest BCUT2D eigenvalue weighted by molar-refractivity contribution is 0.0696. The first-order valence-electron chi connectivity index (χ1n) is 6.17. The predicted molar refractivity (Wildman–Crippen MR) is 71.8 cm³/mol. The number of aromatic amines is 1. The zero-order valence-corrected chi connectivity index (χ0v) is 11.8. The number of amides is 1. The first-order chi connectivity index (χ1) is 9.35. The third kappa shape index (κ3) is 3.87. The van der Waals surface area contributed by atoms with Crippen molar-refractivity contribution < 1.29 is 13.2 Å². The molecule has 1 saturated heterocycles. The molecule has 0 unspecified atom stereocenters. The molecule has 2 heterocycles. The Hall–Kier alpha value is -1.74. The van der Waals surface area contributed by atoms with Crippen molar-refractivity contribution in [3.63, 3.8) is 0 Å². The van der Waals surface area contributed by atoms with Crippen molar-refractivity contribution in [3.05, 3.63) is 28.2 Å². The third-order valence-electron chi connectivity index (χ3n) is 2.99. The van der Waals surface area contributed by atoms with Crippen molar-refractivity contribution >= 4 is 15.9 Å². The molecule has 1 aliphatic rings. The van der Waals surface area contributed by atoms with Gasteiger partial charge in [0.15, 0.2) is 0 Å². The molecule has 1 aromatic heterocycles. The van der Waals surface area contributed by atoms with Crippen molar-refractivity contribution in [3.8, 4) is 0 Å². The Labute approximate surface area is 116 Å². The molecule has 0 radical (unpaired) electrons. The summed E-state index contributed by atoms with van der Waals surface area (Å²) in [4.78, 5) is 24.6.